The van der Waals surface area contributed by atoms with Crippen LogP contribution in [0.25, 0.3) is 0 Å². The van der Waals surface area contributed by atoms with Gasteiger partial charge in [-0.1, -0.05) is 0 Å². The minimum absolute atomic E-state index is 0.122. The summed E-state index contributed by atoms with van der Waals surface area (Å²) in [6, 6.07) is 2.43. The number of ether oxygens (including phenoxy) is 1. The van der Waals surface area contributed by atoms with E-state index in [1.807, 2.05) is 0 Å². The third-order valence-corrected chi connectivity index (χ3v) is 1.52. The van der Waals surface area contributed by atoms with E-state index in [0.717, 1.165) is 0 Å². The van der Waals surface area contributed by atoms with Crippen LogP contribution in [0.1, 0.15) is 12.6 Å². The highest BCUT2D eigenvalue weighted by Crippen LogP contribution is 2.09. The normalized spacial score (nSPS) is 8.81. The second-order valence-corrected chi connectivity index (χ2v) is 2.63. The highest BCUT2D eigenvalue weighted by Gasteiger charge is 2.05. The lowest BCUT2D eigenvalue weighted by atomic mass is 10.3. The summed E-state index contributed by atoms with van der Waals surface area (Å²) in [5.74, 6) is 3.87. The van der Waals surface area contributed by atoms with Gasteiger partial charge >= 0.3 is 5.97 Å². The molecule has 1 aromatic rings. The van der Waals surface area contributed by atoms with Crippen molar-refractivity contribution in [2.24, 2.45) is 0 Å². The number of hydrogen-bond donors (Lipinski definition) is 0. The molecule has 1 rings (SSSR count). The SMILES string of the molecule is CCOC(=O)C#Cc1cc([N+](=O)[O-])ccn1. The minimum atomic E-state index is -0.684. The van der Waals surface area contributed by atoms with Crippen molar-refractivity contribution in [2.45, 2.75) is 6.92 Å². The topological polar surface area (TPSA) is 82.3 Å². The van der Waals surface area contributed by atoms with Gasteiger partial charge in [-0.05, 0) is 12.8 Å². The van der Waals surface area contributed by atoms with Gasteiger partial charge in [0, 0.05) is 18.2 Å². The molecule has 0 aliphatic carbocycles. The van der Waals surface area contributed by atoms with E-state index in [4.69, 9.17) is 0 Å². The molecule has 0 aliphatic rings. The zero-order valence-corrected chi connectivity index (χ0v) is 8.47. The van der Waals surface area contributed by atoms with Gasteiger partial charge in [-0.15, -0.1) is 0 Å². The fraction of sp³-hybridized carbons (Fsp3) is 0.200. The standard InChI is InChI=1S/C10H8N2O4/c1-2-16-10(13)4-3-8-7-9(12(14)15)5-6-11-8/h5-7H,2H2,1H3. The molecular weight excluding hydrogens is 212 g/mol. The monoisotopic (exact) mass is 220 g/mol. The number of esters is 1. The van der Waals surface area contributed by atoms with Crippen LogP contribution in [0.4, 0.5) is 5.69 Å². The summed E-state index contributed by atoms with van der Waals surface area (Å²) in [6.45, 7) is 1.89. The first kappa shape index (κ1) is 11.7. The van der Waals surface area contributed by atoms with E-state index in [1.54, 1.807) is 6.92 Å². The maximum atomic E-state index is 10.9. The van der Waals surface area contributed by atoms with E-state index in [0.29, 0.717) is 0 Å². The van der Waals surface area contributed by atoms with E-state index in [1.165, 1.54) is 18.3 Å². The molecule has 6 heteroatoms. The molecule has 1 heterocycles. The molecular formula is C10H8N2O4. The molecule has 0 aromatic carbocycles. The van der Waals surface area contributed by atoms with Crippen molar-refractivity contribution in [3.63, 3.8) is 0 Å². The molecule has 0 unspecified atom stereocenters. The number of aromatic nitrogens is 1. The smallest absolute Gasteiger partial charge is 0.384 e. The third kappa shape index (κ3) is 3.38. The van der Waals surface area contributed by atoms with Crippen LogP contribution >= 0.6 is 0 Å². The van der Waals surface area contributed by atoms with Gasteiger partial charge in [-0.3, -0.25) is 10.1 Å². The molecule has 16 heavy (non-hydrogen) atoms. The predicted octanol–water partition coefficient (Wildman–Crippen LogP) is 0.904. The Hall–Kier alpha value is -2.42. The highest BCUT2D eigenvalue weighted by atomic mass is 16.6. The highest BCUT2D eigenvalue weighted by molar-refractivity contribution is 5.89. The number of rotatable bonds is 2. The number of nitro groups is 1. The molecule has 0 saturated heterocycles. The van der Waals surface area contributed by atoms with Crippen molar-refractivity contribution in [3.8, 4) is 11.8 Å². The largest absolute Gasteiger partial charge is 0.456 e. The summed E-state index contributed by atoms with van der Waals surface area (Å²) in [7, 11) is 0. The van der Waals surface area contributed by atoms with Crippen LogP contribution in [-0.4, -0.2) is 22.5 Å². The van der Waals surface area contributed by atoms with Gasteiger partial charge in [0.25, 0.3) is 5.69 Å². The Morgan fingerprint density at radius 2 is 2.44 bits per heavy atom. The maximum Gasteiger partial charge on any atom is 0.384 e. The fourth-order valence-corrected chi connectivity index (χ4v) is 0.884. The Morgan fingerprint density at radius 3 is 3.06 bits per heavy atom. The molecule has 82 valence electrons. The zero-order valence-electron chi connectivity index (χ0n) is 8.47. The fourth-order valence-electron chi connectivity index (χ4n) is 0.884. The van der Waals surface area contributed by atoms with Gasteiger partial charge in [0.1, 0.15) is 5.69 Å². The average Bonchev–Trinajstić information content (AvgIpc) is 2.27. The molecule has 0 fully saturated rings. The predicted molar refractivity (Wildman–Crippen MR) is 54.4 cm³/mol. The van der Waals surface area contributed by atoms with Crippen LogP contribution in [0.3, 0.4) is 0 Å². The summed E-state index contributed by atoms with van der Waals surface area (Å²) >= 11 is 0. The van der Waals surface area contributed by atoms with E-state index >= 15 is 0 Å². The molecule has 0 radical (unpaired) electrons. The second-order valence-electron chi connectivity index (χ2n) is 2.63. The Balaban J connectivity index is 2.85. The molecule has 0 aliphatic heterocycles. The van der Waals surface area contributed by atoms with Crippen LogP contribution in [0.15, 0.2) is 18.3 Å². The Labute approximate surface area is 91.4 Å². The summed E-state index contributed by atoms with van der Waals surface area (Å²) in [5, 5.41) is 10.4. The molecule has 6 nitrogen and oxygen atoms in total. The lowest BCUT2D eigenvalue weighted by Gasteiger charge is -1.92. The molecule has 0 bridgehead atoms. The van der Waals surface area contributed by atoms with Crippen LogP contribution in [0, 0.1) is 22.0 Å². The maximum absolute atomic E-state index is 10.9. The lowest BCUT2D eigenvalue weighted by Crippen LogP contribution is -1.99. The Kier molecular flexibility index (Phi) is 3.98. The molecule has 0 spiro atoms. The van der Waals surface area contributed by atoms with E-state index < -0.39 is 10.9 Å². The van der Waals surface area contributed by atoms with Gasteiger partial charge in [0.05, 0.1) is 17.6 Å². The summed E-state index contributed by atoms with van der Waals surface area (Å²) in [4.78, 5) is 24.5. The molecule has 0 saturated carbocycles. The first-order valence-electron chi connectivity index (χ1n) is 4.42. The average molecular weight is 220 g/mol. The van der Waals surface area contributed by atoms with Gasteiger partial charge in [-0.2, -0.15) is 0 Å². The minimum Gasteiger partial charge on any atom is -0.456 e. The van der Waals surface area contributed by atoms with Gasteiger partial charge in [0.2, 0.25) is 0 Å². The number of carbonyl (C=O) groups is 1. The third-order valence-electron chi connectivity index (χ3n) is 1.52. The van der Waals surface area contributed by atoms with Crippen molar-refractivity contribution in [2.75, 3.05) is 6.61 Å². The van der Waals surface area contributed by atoms with Gasteiger partial charge in [0.15, 0.2) is 0 Å². The Bertz CT molecular complexity index is 473. The lowest BCUT2D eigenvalue weighted by molar-refractivity contribution is -0.385. The number of hydrogen-bond acceptors (Lipinski definition) is 5. The van der Waals surface area contributed by atoms with Crippen molar-refractivity contribution < 1.29 is 14.5 Å². The van der Waals surface area contributed by atoms with E-state index in [9.17, 15) is 14.9 Å². The van der Waals surface area contributed by atoms with Crippen LogP contribution in [0.2, 0.25) is 0 Å². The van der Waals surface area contributed by atoms with Crippen molar-refractivity contribution in [1.29, 1.82) is 0 Å². The zero-order chi connectivity index (χ0) is 12.0. The van der Waals surface area contributed by atoms with Crippen LogP contribution in [-0.2, 0) is 9.53 Å². The van der Waals surface area contributed by atoms with Crippen LogP contribution in [0.5, 0.6) is 0 Å². The number of nitrogens with zero attached hydrogens (tertiary/aromatic N) is 2. The summed E-state index contributed by atoms with van der Waals surface area (Å²) < 4.78 is 4.57. The number of carbonyl (C=O) groups excluding carboxylic acids is 1. The van der Waals surface area contributed by atoms with Crippen LogP contribution < -0.4 is 0 Å². The molecule has 0 amide bonds. The first-order valence-corrected chi connectivity index (χ1v) is 4.42. The first-order chi connectivity index (χ1) is 7.63. The molecule has 0 N–H and O–H groups in total. The second kappa shape index (κ2) is 5.46. The van der Waals surface area contributed by atoms with E-state index in [-0.39, 0.29) is 18.0 Å². The summed E-state index contributed by atoms with van der Waals surface area (Å²) in [6.07, 6.45) is 1.26. The van der Waals surface area contributed by atoms with Crippen molar-refractivity contribution in [3.05, 3.63) is 34.1 Å². The van der Waals surface area contributed by atoms with Gasteiger partial charge < -0.3 is 4.74 Å². The quantitative estimate of drug-likeness (QED) is 0.320. The number of pyridine rings is 1. The molecule has 1 aromatic heterocycles. The van der Waals surface area contributed by atoms with Crippen molar-refractivity contribution >= 4 is 11.7 Å². The van der Waals surface area contributed by atoms with Gasteiger partial charge in [-0.25, -0.2) is 9.78 Å². The summed E-state index contributed by atoms with van der Waals surface area (Å²) in [5.41, 5.74) is 0.0328. The van der Waals surface area contributed by atoms with Crippen molar-refractivity contribution in [1.82, 2.24) is 4.98 Å². The Morgan fingerprint density at radius 1 is 1.69 bits per heavy atom. The van der Waals surface area contributed by atoms with E-state index in [2.05, 4.69) is 21.6 Å². The molecule has 0 atom stereocenters.